The third-order valence-electron chi connectivity index (χ3n) is 8.54. The fourth-order valence-electron chi connectivity index (χ4n) is 6.49. The van der Waals surface area contributed by atoms with Gasteiger partial charge in [-0.05, 0) is 30.3 Å². The predicted octanol–water partition coefficient (Wildman–Crippen LogP) is 11.0. The van der Waals surface area contributed by atoms with E-state index in [-0.39, 0.29) is 0 Å². The molecule has 0 radical (unpaired) electrons. The van der Waals surface area contributed by atoms with Gasteiger partial charge in [0.1, 0.15) is 22.3 Å². The summed E-state index contributed by atoms with van der Waals surface area (Å²) < 4.78 is 15.2. The molecule has 210 valence electrons. The van der Waals surface area contributed by atoms with Gasteiger partial charge in [-0.1, -0.05) is 97.1 Å². The second-order valence-electron chi connectivity index (χ2n) is 11.2. The first-order chi connectivity index (χ1) is 22.3. The molecule has 10 aromatic rings. The van der Waals surface area contributed by atoms with Gasteiger partial charge in [0.25, 0.3) is 0 Å². The van der Waals surface area contributed by atoms with E-state index in [1.54, 1.807) is 11.3 Å². The molecule has 0 saturated carbocycles. The zero-order chi connectivity index (χ0) is 29.5. The fourth-order valence-corrected chi connectivity index (χ4v) is 7.70. The van der Waals surface area contributed by atoms with Crippen molar-refractivity contribution in [2.45, 2.75) is 0 Å². The van der Waals surface area contributed by atoms with Crippen LogP contribution >= 0.6 is 11.3 Å². The van der Waals surface area contributed by atoms with Gasteiger partial charge in [0, 0.05) is 48.1 Å². The Hall–Kier alpha value is -5.85. The number of thiophene rings is 1. The molecule has 0 bridgehead atoms. The largest absolute Gasteiger partial charge is 0.455 e. The maximum atomic E-state index is 6.53. The van der Waals surface area contributed by atoms with E-state index in [9.17, 15) is 0 Å². The summed E-state index contributed by atoms with van der Waals surface area (Å²) >= 11 is 1.74. The third-order valence-corrected chi connectivity index (χ3v) is 9.75. The molecule has 0 fully saturated rings. The lowest BCUT2D eigenvalue weighted by Crippen LogP contribution is -2.00. The molecule has 10 rings (SSSR count). The van der Waals surface area contributed by atoms with Crippen LogP contribution in [0.2, 0.25) is 0 Å². The highest BCUT2D eigenvalue weighted by molar-refractivity contribution is 7.26. The zero-order valence-corrected chi connectivity index (χ0v) is 24.5. The molecule has 6 heteroatoms. The van der Waals surface area contributed by atoms with Crippen molar-refractivity contribution in [3.8, 4) is 34.2 Å². The Balaban J connectivity index is 1.33. The molecule has 4 aromatic heterocycles. The van der Waals surface area contributed by atoms with Gasteiger partial charge in [0.2, 0.25) is 0 Å². The van der Waals surface area contributed by atoms with Gasteiger partial charge in [-0.2, -0.15) is 0 Å². The Morgan fingerprint density at radius 2 is 1.04 bits per heavy atom. The summed E-state index contributed by atoms with van der Waals surface area (Å²) in [5.41, 5.74) is 6.03. The van der Waals surface area contributed by atoms with Crippen LogP contribution in [0.1, 0.15) is 0 Å². The van der Waals surface area contributed by atoms with E-state index < -0.39 is 0 Å². The summed E-state index contributed by atoms with van der Waals surface area (Å²) in [7, 11) is 0. The van der Waals surface area contributed by atoms with Crippen LogP contribution in [-0.4, -0.2) is 15.0 Å². The SMILES string of the molecule is c1ccc(-c2nc(-c3cccc4c3oc3ccccc34)nc(-c3cc4c5ccccc5oc4c4c3sc3ccccc34)n2)cc1. The average molecular weight is 596 g/mol. The van der Waals surface area contributed by atoms with E-state index >= 15 is 0 Å². The quantitative estimate of drug-likeness (QED) is 0.203. The van der Waals surface area contributed by atoms with Gasteiger partial charge in [-0.15, -0.1) is 11.3 Å². The van der Waals surface area contributed by atoms with Crippen molar-refractivity contribution in [1.29, 1.82) is 0 Å². The Morgan fingerprint density at radius 1 is 0.444 bits per heavy atom. The number of nitrogens with zero attached hydrogens (tertiary/aromatic N) is 3. The monoisotopic (exact) mass is 595 g/mol. The number of hydrogen-bond donors (Lipinski definition) is 0. The summed E-state index contributed by atoms with van der Waals surface area (Å²) in [5, 5.41) is 6.45. The molecule has 0 aliphatic rings. The van der Waals surface area contributed by atoms with Crippen molar-refractivity contribution in [3.63, 3.8) is 0 Å². The molecule has 0 spiro atoms. The van der Waals surface area contributed by atoms with Crippen molar-refractivity contribution < 1.29 is 8.83 Å². The number of furan rings is 2. The van der Waals surface area contributed by atoms with Crippen molar-refractivity contribution in [1.82, 2.24) is 15.0 Å². The average Bonchev–Trinajstić information content (AvgIpc) is 3.79. The first-order valence-corrected chi connectivity index (χ1v) is 15.6. The summed E-state index contributed by atoms with van der Waals surface area (Å²) in [5.74, 6) is 1.78. The lowest BCUT2D eigenvalue weighted by atomic mass is 10.0. The highest BCUT2D eigenvalue weighted by Gasteiger charge is 2.23. The Labute approximate surface area is 260 Å². The Kier molecular flexibility index (Phi) is 5.09. The molecule has 5 nitrogen and oxygen atoms in total. The molecular weight excluding hydrogens is 575 g/mol. The Bertz CT molecular complexity index is 2770. The topological polar surface area (TPSA) is 65.0 Å². The molecule has 0 unspecified atom stereocenters. The number of rotatable bonds is 3. The fraction of sp³-hybridized carbons (Fsp3) is 0. The van der Waals surface area contributed by atoms with E-state index in [1.165, 1.54) is 4.70 Å². The Morgan fingerprint density at radius 3 is 1.84 bits per heavy atom. The van der Waals surface area contributed by atoms with Gasteiger partial charge < -0.3 is 8.83 Å². The summed E-state index contributed by atoms with van der Waals surface area (Å²) in [6.45, 7) is 0. The van der Waals surface area contributed by atoms with Crippen LogP contribution in [0.15, 0.2) is 136 Å². The molecule has 45 heavy (non-hydrogen) atoms. The summed E-state index contributed by atoms with van der Waals surface area (Å²) in [6, 6.07) is 43.2. The zero-order valence-electron chi connectivity index (χ0n) is 23.7. The van der Waals surface area contributed by atoms with Crippen LogP contribution in [0, 0.1) is 0 Å². The summed E-state index contributed by atoms with van der Waals surface area (Å²) in [4.78, 5) is 15.4. The second-order valence-corrected chi connectivity index (χ2v) is 12.2. The smallest absolute Gasteiger partial charge is 0.167 e. The number of para-hydroxylation sites is 3. The van der Waals surface area contributed by atoms with Crippen LogP contribution in [0.3, 0.4) is 0 Å². The van der Waals surface area contributed by atoms with Gasteiger partial charge in [-0.3, -0.25) is 0 Å². The number of fused-ring (bicyclic) bond motifs is 10. The van der Waals surface area contributed by atoms with E-state index in [2.05, 4.69) is 54.6 Å². The molecule has 0 atom stereocenters. The lowest BCUT2D eigenvalue weighted by Gasteiger charge is -2.10. The van der Waals surface area contributed by atoms with Crippen molar-refractivity contribution >= 4 is 75.4 Å². The molecular formula is C39H21N3O2S. The number of aromatic nitrogens is 3. The number of benzene rings is 6. The van der Waals surface area contributed by atoms with E-state index in [4.69, 9.17) is 23.8 Å². The highest BCUT2D eigenvalue weighted by atomic mass is 32.1. The number of hydrogen-bond acceptors (Lipinski definition) is 6. The lowest BCUT2D eigenvalue weighted by molar-refractivity contribution is 0.669. The normalized spacial score (nSPS) is 12.0. The minimum atomic E-state index is 0.565. The molecule has 0 saturated heterocycles. The van der Waals surface area contributed by atoms with E-state index in [1.807, 2.05) is 72.8 Å². The van der Waals surface area contributed by atoms with Gasteiger partial charge in [-0.25, -0.2) is 15.0 Å². The van der Waals surface area contributed by atoms with Gasteiger partial charge in [0.15, 0.2) is 17.5 Å². The van der Waals surface area contributed by atoms with Crippen molar-refractivity contribution in [3.05, 3.63) is 127 Å². The maximum absolute atomic E-state index is 6.53. The minimum absolute atomic E-state index is 0.565. The van der Waals surface area contributed by atoms with Gasteiger partial charge >= 0.3 is 0 Å². The van der Waals surface area contributed by atoms with Crippen molar-refractivity contribution in [2.75, 3.05) is 0 Å². The molecule has 4 heterocycles. The van der Waals surface area contributed by atoms with Crippen LogP contribution in [0.4, 0.5) is 0 Å². The van der Waals surface area contributed by atoms with Crippen LogP contribution < -0.4 is 0 Å². The first kappa shape index (κ1) is 24.6. The van der Waals surface area contributed by atoms with Crippen LogP contribution in [0.25, 0.3) is 98.2 Å². The molecule has 0 aliphatic carbocycles. The van der Waals surface area contributed by atoms with E-state index in [0.29, 0.717) is 17.5 Å². The minimum Gasteiger partial charge on any atom is -0.455 e. The summed E-state index contributed by atoms with van der Waals surface area (Å²) in [6.07, 6.45) is 0. The molecule has 0 N–H and O–H groups in total. The third kappa shape index (κ3) is 3.63. The molecule has 0 amide bonds. The van der Waals surface area contributed by atoms with Crippen molar-refractivity contribution in [2.24, 2.45) is 0 Å². The second kappa shape index (κ2) is 9.32. The predicted molar refractivity (Wildman–Crippen MR) is 184 cm³/mol. The maximum Gasteiger partial charge on any atom is 0.167 e. The standard InChI is InChI=1S/C39H21N3O2S/c1-2-11-22(12-3-1)37-40-38(27-17-10-16-25-23-13-4-7-18-30(23)43-34(25)27)42-39(41-37)29-21-28-24-14-5-8-19-31(24)44-35(28)33-26-15-6-9-20-32(26)45-36(29)33/h1-21H. The molecule has 0 aliphatic heterocycles. The van der Waals surface area contributed by atoms with E-state index in [0.717, 1.165) is 76.0 Å². The highest BCUT2D eigenvalue weighted by Crippen LogP contribution is 2.46. The molecule has 6 aromatic carbocycles. The first-order valence-electron chi connectivity index (χ1n) is 14.8. The van der Waals surface area contributed by atoms with Crippen LogP contribution in [0.5, 0.6) is 0 Å². The van der Waals surface area contributed by atoms with Crippen LogP contribution in [-0.2, 0) is 0 Å². The van der Waals surface area contributed by atoms with Gasteiger partial charge in [0.05, 0.1) is 10.3 Å².